The van der Waals surface area contributed by atoms with E-state index in [-0.39, 0.29) is 0 Å². The van der Waals surface area contributed by atoms with Crippen molar-refractivity contribution in [3.8, 4) is 0 Å². The summed E-state index contributed by atoms with van der Waals surface area (Å²) < 4.78 is 2.35. The van der Waals surface area contributed by atoms with Crippen LogP contribution in [0.5, 0.6) is 0 Å². The maximum absolute atomic E-state index is 3.39. The van der Waals surface area contributed by atoms with Crippen LogP contribution in [0.4, 0.5) is 5.69 Å². The number of benzene rings is 1. The average molecular weight is 312 g/mol. The Morgan fingerprint density at radius 3 is 2.70 bits per heavy atom. The van der Waals surface area contributed by atoms with Crippen LogP contribution < -0.4 is 5.32 Å². The van der Waals surface area contributed by atoms with Gasteiger partial charge < -0.3 is 5.32 Å². The lowest BCUT2D eigenvalue weighted by molar-refractivity contribution is 1.47. The highest BCUT2D eigenvalue weighted by atomic mass is 127. The highest BCUT2D eigenvalue weighted by Gasteiger charge is 1.95. The lowest BCUT2D eigenvalue weighted by atomic mass is 10.3. The van der Waals surface area contributed by atoms with Gasteiger partial charge in [-0.1, -0.05) is 15.9 Å². The van der Waals surface area contributed by atoms with Crippen molar-refractivity contribution in [2.45, 2.75) is 0 Å². The number of nitrogens with one attached hydrogen (secondary N) is 1. The van der Waals surface area contributed by atoms with Crippen molar-refractivity contribution in [1.29, 1.82) is 0 Å². The van der Waals surface area contributed by atoms with Gasteiger partial charge in [0.05, 0.1) is 0 Å². The molecule has 3 heteroatoms. The fourth-order valence-electron chi connectivity index (χ4n) is 0.689. The van der Waals surface area contributed by atoms with E-state index in [1.54, 1.807) is 0 Å². The number of halogens is 2. The highest BCUT2D eigenvalue weighted by molar-refractivity contribution is 14.1. The van der Waals surface area contributed by atoms with E-state index in [0.717, 1.165) is 10.2 Å². The van der Waals surface area contributed by atoms with Crippen LogP contribution in [0, 0.1) is 3.57 Å². The predicted molar refractivity (Wildman–Crippen MR) is 56.4 cm³/mol. The molecule has 0 aliphatic rings. The molecule has 1 aromatic rings. The molecular weight excluding hydrogens is 305 g/mol. The van der Waals surface area contributed by atoms with E-state index < -0.39 is 0 Å². The van der Waals surface area contributed by atoms with Crippen molar-refractivity contribution in [3.05, 3.63) is 26.2 Å². The van der Waals surface area contributed by atoms with Crippen LogP contribution in [-0.4, -0.2) is 7.05 Å². The van der Waals surface area contributed by atoms with Gasteiger partial charge in [-0.25, -0.2) is 0 Å². The Balaban J connectivity index is 3.09. The molecule has 0 radical (unpaired) electrons. The number of anilines is 1. The summed E-state index contributed by atoms with van der Waals surface area (Å²) in [6, 6.07) is 6.15. The van der Waals surface area contributed by atoms with Crippen LogP contribution in [0.2, 0.25) is 0 Å². The van der Waals surface area contributed by atoms with Gasteiger partial charge in [0.2, 0.25) is 0 Å². The first-order valence-corrected chi connectivity index (χ1v) is 4.74. The molecule has 0 aliphatic carbocycles. The minimum Gasteiger partial charge on any atom is -0.387 e. The second-order valence-electron chi connectivity index (χ2n) is 1.87. The molecule has 0 unspecified atom stereocenters. The SMILES string of the molecule is CNc1cc(Br)ccc1I. The lowest BCUT2D eigenvalue weighted by Crippen LogP contribution is -1.90. The zero-order chi connectivity index (χ0) is 7.56. The van der Waals surface area contributed by atoms with Crippen LogP contribution in [0.15, 0.2) is 22.7 Å². The Morgan fingerprint density at radius 1 is 1.50 bits per heavy atom. The number of rotatable bonds is 1. The van der Waals surface area contributed by atoms with Crippen molar-refractivity contribution in [3.63, 3.8) is 0 Å². The number of hydrogen-bond acceptors (Lipinski definition) is 1. The maximum Gasteiger partial charge on any atom is 0.0484 e. The zero-order valence-electron chi connectivity index (χ0n) is 5.49. The topological polar surface area (TPSA) is 12.0 Å². The molecule has 0 bridgehead atoms. The number of hydrogen-bond donors (Lipinski definition) is 1. The van der Waals surface area contributed by atoms with Gasteiger partial charge >= 0.3 is 0 Å². The third-order valence-corrected chi connectivity index (χ3v) is 2.63. The Bertz CT molecular complexity index is 237. The molecule has 0 heterocycles. The second kappa shape index (κ2) is 3.57. The highest BCUT2D eigenvalue weighted by Crippen LogP contribution is 2.21. The predicted octanol–water partition coefficient (Wildman–Crippen LogP) is 3.10. The summed E-state index contributed by atoms with van der Waals surface area (Å²) in [5.41, 5.74) is 1.16. The van der Waals surface area contributed by atoms with Gasteiger partial charge in [0.25, 0.3) is 0 Å². The van der Waals surface area contributed by atoms with Crippen molar-refractivity contribution in [1.82, 2.24) is 0 Å². The molecule has 1 nitrogen and oxygen atoms in total. The van der Waals surface area contributed by atoms with Gasteiger partial charge in [-0.05, 0) is 40.8 Å². The molecular formula is C7H7BrIN. The van der Waals surface area contributed by atoms with Crippen LogP contribution in [-0.2, 0) is 0 Å². The Hall–Kier alpha value is 0.230. The van der Waals surface area contributed by atoms with Gasteiger partial charge in [0.1, 0.15) is 0 Å². The summed E-state index contributed by atoms with van der Waals surface area (Å²) in [5, 5.41) is 3.10. The zero-order valence-corrected chi connectivity index (χ0v) is 9.23. The average Bonchev–Trinajstić information content (AvgIpc) is 1.94. The molecule has 0 spiro atoms. The van der Waals surface area contributed by atoms with E-state index in [0.29, 0.717) is 0 Å². The molecule has 1 rings (SSSR count). The standard InChI is InChI=1S/C7H7BrIN/c1-10-7-4-5(8)2-3-6(7)9/h2-4,10H,1H3. The summed E-state index contributed by atoms with van der Waals surface area (Å²) in [6.45, 7) is 0. The normalized spacial score (nSPS) is 9.50. The summed E-state index contributed by atoms with van der Waals surface area (Å²) >= 11 is 5.69. The van der Waals surface area contributed by atoms with Gasteiger partial charge in [0, 0.05) is 20.8 Å². The van der Waals surface area contributed by atoms with E-state index in [1.807, 2.05) is 13.1 Å². The first-order chi connectivity index (χ1) is 4.74. The first kappa shape index (κ1) is 8.33. The van der Waals surface area contributed by atoms with E-state index in [9.17, 15) is 0 Å². The fourth-order valence-corrected chi connectivity index (χ4v) is 1.66. The molecule has 1 aromatic carbocycles. The molecule has 0 amide bonds. The third kappa shape index (κ3) is 1.85. The van der Waals surface area contributed by atoms with Gasteiger partial charge in [-0.2, -0.15) is 0 Å². The largest absolute Gasteiger partial charge is 0.387 e. The van der Waals surface area contributed by atoms with E-state index in [1.165, 1.54) is 3.57 Å². The Morgan fingerprint density at radius 2 is 2.20 bits per heavy atom. The molecule has 0 saturated carbocycles. The quantitative estimate of drug-likeness (QED) is 0.786. The lowest BCUT2D eigenvalue weighted by Gasteiger charge is -2.02. The minimum atomic E-state index is 1.11. The summed E-state index contributed by atoms with van der Waals surface area (Å²) in [7, 11) is 1.92. The van der Waals surface area contributed by atoms with Crippen molar-refractivity contribution in [2.24, 2.45) is 0 Å². The molecule has 1 N–H and O–H groups in total. The monoisotopic (exact) mass is 311 g/mol. The summed E-state index contributed by atoms with van der Waals surface area (Å²) in [6.07, 6.45) is 0. The van der Waals surface area contributed by atoms with Crippen LogP contribution in [0.25, 0.3) is 0 Å². The minimum absolute atomic E-state index is 1.11. The maximum atomic E-state index is 3.39. The Kier molecular flexibility index (Phi) is 2.97. The van der Waals surface area contributed by atoms with Gasteiger partial charge in [-0.3, -0.25) is 0 Å². The van der Waals surface area contributed by atoms with E-state index >= 15 is 0 Å². The molecule has 0 saturated heterocycles. The second-order valence-corrected chi connectivity index (χ2v) is 3.95. The van der Waals surface area contributed by atoms with Crippen molar-refractivity contribution in [2.75, 3.05) is 12.4 Å². The Labute approximate surface area is 82.5 Å². The van der Waals surface area contributed by atoms with E-state index in [4.69, 9.17) is 0 Å². The smallest absolute Gasteiger partial charge is 0.0484 e. The molecule has 54 valence electrons. The molecule has 0 fully saturated rings. The third-order valence-electron chi connectivity index (χ3n) is 1.20. The van der Waals surface area contributed by atoms with Crippen LogP contribution >= 0.6 is 38.5 Å². The van der Waals surface area contributed by atoms with Gasteiger partial charge in [-0.15, -0.1) is 0 Å². The molecule has 0 atom stereocenters. The van der Waals surface area contributed by atoms with Gasteiger partial charge in [0.15, 0.2) is 0 Å². The van der Waals surface area contributed by atoms with Crippen molar-refractivity contribution >= 4 is 44.2 Å². The molecule has 10 heavy (non-hydrogen) atoms. The first-order valence-electron chi connectivity index (χ1n) is 2.87. The van der Waals surface area contributed by atoms with Crippen LogP contribution in [0.1, 0.15) is 0 Å². The molecule has 0 aliphatic heterocycles. The summed E-state index contributed by atoms with van der Waals surface area (Å²) in [5.74, 6) is 0. The van der Waals surface area contributed by atoms with Crippen LogP contribution in [0.3, 0.4) is 0 Å². The van der Waals surface area contributed by atoms with E-state index in [2.05, 4.69) is 56.0 Å². The summed E-state index contributed by atoms with van der Waals surface area (Å²) in [4.78, 5) is 0. The fraction of sp³-hybridized carbons (Fsp3) is 0.143. The van der Waals surface area contributed by atoms with Crippen molar-refractivity contribution < 1.29 is 0 Å². The molecule has 0 aromatic heterocycles.